The molecule has 0 radical (unpaired) electrons. The minimum absolute atomic E-state index is 0.578. The van der Waals surface area contributed by atoms with Gasteiger partial charge in [0.15, 0.2) is 17.5 Å². The van der Waals surface area contributed by atoms with Crippen molar-refractivity contribution in [1.82, 2.24) is 29.9 Å². The zero-order valence-corrected chi connectivity index (χ0v) is 37.2. The van der Waals surface area contributed by atoms with Crippen molar-refractivity contribution in [2.24, 2.45) is 0 Å². The van der Waals surface area contributed by atoms with E-state index >= 15 is 0 Å². The molecule has 2 saturated carbocycles. The van der Waals surface area contributed by atoms with Crippen LogP contribution in [0.3, 0.4) is 0 Å². The molecule has 0 aliphatic heterocycles. The minimum atomic E-state index is 0.578. The number of hydrogen-bond acceptors (Lipinski definition) is 6. The average Bonchev–Trinajstić information content (AvgIpc) is 3.42. The maximum atomic E-state index is 5.44. The molecule has 2 fully saturated rings. The van der Waals surface area contributed by atoms with Crippen molar-refractivity contribution in [3.05, 3.63) is 194 Å². The van der Waals surface area contributed by atoms with Gasteiger partial charge in [0, 0.05) is 40.2 Å². The summed E-state index contributed by atoms with van der Waals surface area (Å²) in [5.41, 5.74) is 15.8. The van der Waals surface area contributed by atoms with Crippen LogP contribution in [0.15, 0.2) is 183 Å². The summed E-state index contributed by atoms with van der Waals surface area (Å²) in [7, 11) is 0. The van der Waals surface area contributed by atoms with Gasteiger partial charge in [-0.15, -0.1) is 0 Å². The van der Waals surface area contributed by atoms with Crippen molar-refractivity contribution in [3.8, 4) is 90.1 Å². The summed E-state index contributed by atoms with van der Waals surface area (Å²) in [6.45, 7) is 0. The summed E-state index contributed by atoms with van der Waals surface area (Å²) < 4.78 is 0. The van der Waals surface area contributed by atoms with E-state index in [1.54, 1.807) is 6.20 Å². The molecule has 0 bridgehead atoms. The van der Waals surface area contributed by atoms with Gasteiger partial charge in [0.05, 0.1) is 23.8 Å². The lowest BCUT2D eigenvalue weighted by atomic mass is 9.78. The molecule has 2 aliphatic rings. The Morgan fingerprint density at radius 3 is 1.30 bits per heavy atom. The summed E-state index contributed by atoms with van der Waals surface area (Å²) >= 11 is 0. The molecule has 9 aromatic rings. The summed E-state index contributed by atoms with van der Waals surface area (Å²) in [6.07, 6.45) is 20.2. The van der Waals surface area contributed by atoms with Gasteiger partial charge in [-0.25, -0.2) is 19.9 Å². The van der Waals surface area contributed by atoms with Crippen LogP contribution in [0.25, 0.3) is 90.1 Å². The van der Waals surface area contributed by atoms with Crippen LogP contribution in [0, 0.1) is 0 Å². The standard InChI is InChI=1S/C60H52N6/c1-5-18-41(19-6-1)46-32-47(42-20-7-2-8-21-42)34-48(33-46)49-35-50(57-40-62-39-56(63-57)45-26-17-31-61-38-45)37-51(36-49)58-64-59(54-29-15-13-27-52(54)43-22-9-3-10-23-43)66-60(65-58)55-30-16-14-28-53(55)44-24-11-4-12-25-44/h3-4,9-17,22-42H,1-2,5-8,18-21H2. The maximum Gasteiger partial charge on any atom is 0.164 e. The van der Waals surface area contributed by atoms with Crippen LogP contribution in [-0.2, 0) is 0 Å². The highest BCUT2D eigenvalue weighted by molar-refractivity contribution is 5.86. The van der Waals surface area contributed by atoms with Crippen LogP contribution in [0.4, 0.5) is 0 Å². The third kappa shape index (κ3) is 8.84. The van der Waals surface area contributed by atoms with Crippen LogP contribution >= 0.6 is 0 Å². The second-order valence-electron chi connectivity index (χ2n) is 18.0. The Hall–Kier alpha value is -7.44. The Morgan fingerprint density at radius 1 is 0.303 bits per heavy atom. The molecule has 0 unspecified atom stereocenters. The molecule has 2 aliphatic carbocycles. The molecule has 0 amide bonds. The van der Waals surface area contributed by atoms with Crippen molar-refractivity contribution in [2.75, 3.05) is 0 Å². The highest BCUT2D eigenvalue weighted by atomic mass is 15.0. The van der Waals surface area contributed by atoms with Gasteiger partial charge in [-0.1, -0.05) is 166 Å². The molecule has 0 spiro atoms. The number of aromatic nitrogens is 6. The molecule has 6 aromatic carbocycles. The van der Waals surface area contributed by atoms with Crippen molar-refractivity contribution < 1.29 is 0 Å². The number of hydrogen-bond donors (Lipinski definition) is 0. The normalized spacial score (nSPS) is 14.5. The number of nitrogens with zero attached hydrogens (tertiary/aromatic N) is 6. The highest BCUT2D eigenvalue weighted by Crippen LogP contribution is 2.42. The monoisotopic (exact) mass is 856 g/mol. The molecular formula is C60H52N6. The van der Waals surface area contributed by atoms with Crippen LogP contribution in [0.2, 0.25) is 0 Å². The minimum Gasteiger partial charge on any atom is -0.264 e. The van der Waals surface area contributed by atoms with Gasteiger partial charge in [0.1, 0.15) is 0 Å². The van der Waals surface area contributed by atoms with E-state index in [0.717, 1.165) is 67.0 Å². The van der Waals surface area contributed by atoms with Crippen molar-refractivity contribution in [3.63, 3.8) is 0 Å². The Morgan fingerprint density at radius 2 is 0.758 bits per heavy atom. The molecule has 0 atom stereocenters. The fourth-order valence-corrected chi connectivity index (χ4v) is 10.3. The van der Waals surface area contributed by atoms with E-state index in [9.17, 15) is 0 Å². The van der Waals surface area contributed by atoms with Crippen molar-refractivity contribution >= 4 is 0 Å². The zero-order valence-electron chi connectivity index (χ0n) is 37.2. The second kappa shape index (κ2) is 19.0. The van der Waals surface area contributed by atoms with E-state index in [-0.39, 0.29) is 0 Å². The third-order valence-corrected chi connectivity index (χ3v) is 13.7. The third-order valence-electron chi connectivity index (χ3n) is 13.7. The van der Waals surface area contributed by atoms with Crippen molar-refractivity contribution in [1.29, 1.82) is 0 Å². The number of pyridine rings is 1. The van der Waals surface area contributed by atoms with E-state index in [4.69, 9.17) is 24.9 Å². The molecule has 11 rings (SSSR count). The zero-order chi connectivity index (χ0) is 44.1. The van der Waals surface area contributed by atoms with Gasteiger partial charge in [0.25, 0.3) is 0 Å². The van der Waals surface area contributed by atoms with E-state index in [0.29, 0.717) is 29.3 Å². The fraction of sp³-hybridized carbons (Fsp3) is 0.200. The van der Waals surface area contributed by atoms with E-state index < -0.39 is 0 Å². The van der Waals surface area contributed by atoms with Crippen molar-refractivity contribution in [2.45, 2.75) is 76.0 Å². The Kier molecular flexibility index (Phi) is 11.9. The maximum absolute atomic E-state index is 5.44. The molecule has 3 aromatic heterocycles. The van der Waals surface area contributed by atoms with Gasteiger partial charge < -0.3 is 0 Å². The van der Waals surface area contributed by atoms with Gasteiger partial charge >= 0.3 is 0 Å². The smallest absolute Gasteiger partial charge is 0.164 e. The first-order valence-electron chi connectivity index (χ1n) is 23.8. The quantitative estimate of drug-likeness (QED) is 0.136. The summed E-state index contributed by atoms with van der Waals surface area (Å²) in [6, 6.07) is 56.1. The van der Waals surface area contributed by atoms with E-state index in [1.165, 1.54) is 80.9 Å². The molecular weight excluding hydrogens is 805 g/mol. The van der Waals surface area contributed by atoms with Gasteiger partial charge in [-0.05, 0) is 112 Å². The summed E-state index contributed by atoms with van der Waals surface area (Å²) in [5, 5.41) is 0. The lowest BCUT2D eigenvalue weighted by Gasteiger charge is -2.27. The van der Waals surface area contributed by atoms with Crippen LogP contribution in [-0.4, -0.2) is 29.9 Å². The Labute approximate surface area is 388 Å². The predicted octanol–water partition coefficient (Wildman–Crippen LogP) is 15.5. The first-order valence-corrected chi connectivity index (χ1v) is 23.8. The molecule has 0 saturated heterocycles. The number of benzene rings is 6. The Balaban J connectivity index is 1.15. The molecule has 6 nitrogen and oxygen atoms in total. The predicted molar refractivity (Wildman–Crippen MR) is 268 cm³/mol. The molecule has 3 heterocycles. The average molecular weight is 857 g/mol. The highest BCUT2D eigenvalue weighted by Gasteiger charge is 2.23. The van der Waals surface area contributed by atoms with Gasteiger partial charge in [-0.3, -0.25) is 9.97 Å². The molecule has 0 N–H and O–H groups in total. The van der Waals surface area contributed by atoms with Gasteiger partial charge in [0.2, 0.25) is 0 Å². The Bertz CT molecular complexity index is 2960. The molecule has 6 heteroatoms. The summed E-state index contributed by atoms with van der Waals surface area (Å²) in [4.78, 5) is 30.6. The number of rotatable bonds is 10. The molecule has 66 heavy (non-hydrogen) atoms. The lowest BCUT2D eigenvalue weighted by molar-refractivity contribution is 0.435. The lowest BCUT2D eigenvalue weighted by Crippen LogP contribution is -2.09. The first kappa shape index (κ1) is 41.3. The summed E-state index contributed by atoms with van der Waals surface area (Å²) in [5.74, 6) is 2.97. The SMILES string of the molecule is c1ccc(-c2ccccc2-c2nc(-c3cc(-c4cc(C5CCCCC5)cc(C5CCCCC5)c4)cc(-c4cncc(-c5cccnc5)n4)c3)nc(-c3ccccc3-c3ccccc3)n2)cc1. The van der Waals surface area contributed by atoms with E-state index in [1.807, 2.05) is 30.7 Å². The molecule has 322 valence electrons. The van der Waals surface area contributed by atoms with Crippen LogP contribution < -0.4 is 0 Å². The fourth-order valence-electron chi connectivity index (χ4n) is 10.3. The van der Waals surface area contributed by atoms with Gasteiger partial charge in [-0.2, -0.15) is 0 Å². The largest absolute Gasteiger partial charge is 0.264 e. The van der Waals surface area contributed by atoms with E-state index in [2.05, 4.69) is 151 Å². The van der Waals surface area contributed by atoms with Crippen LogP contribution in [0.1, 0.15) is 87.2 Å². The first-order chi connectivity index (χ1) is 32.7. The second-order valence-corrected chi connectivity index (χ2v) is 18.0. The van der Waals surface area contributed by atoms with Crippen LogP contribution in [0.5, 0.6) is 0 Å². The topological polar surface area (TPSA) is 77.3 Å².